The molecule has 25 heavy (non-hydrogen) atoms. The largest absolute Gasteiger partial charge is 0.339 e. The Balaban J connectivity index is 1.97. The number of carbonyl (C=O) groups is 1. The maximum Gasteiger partial charge on any atom is 0.272 e. The van der Waals surface area contributed by atoms with Gasteiger partial charge in [-0.05, 0) is 38.3 Å². The lowest BCUT2D eigenvalue weighted by molar-refractivity contribution is -0.385. The Bertz CT molecular complexity index is 755. The molecule has 0 bridgehead atoms. The van der Waals surface area contributed by atoms with Crippen molar-refractivity contribution < 1.29 is 18.1 Å². The molecule has 1 aliphatic heterocycles. The quantitative estimate of drug-likeness (QED) is 0.608. The number of benzene rings is 1. The molecule has 1 fully saturated rings. The van der Waals surface area contributed by atoms with Crippen LogP contribution in [0, 0.1) is 17.0 Å². The van der Waals surface area contributed by atoms with E-state index in [1.165, 1.54) is 18.2 Å². The smallest absolute Gasteiger partial charge is 0.272 e. The Morgan fingerprint density at radius 2 is 2.00 bits per heavy atom. The maximum absolute atomic E-state index is 12.5. The highest BCUT2D eigenvalue weighted by molar-refractivity contribution is 7.89. The molecule has 0 spiro atoms. The fourth-order valence-corrected chi connectivity index (χ4v) is 4.36. The molecule has 0 unspecified atom stereocenters. The van der Waals surface area contributed by atoms with E-state index in [4.69, 9.17) is 0 Å². The number of sulfonamides is 1. The standard InChI is InChI=1S/C16H23N3O5S/c1-3-10-25(23,24)17-14-6-8-18(9-7-14)16(20)13-4-5-15(19(21)22)12(2)11-13/h4-5,11,14,17H,3,6-10H2,1-2H3. The van der Waals surface area contributed by atoms with E-state index < -0.39 is 14.9 Å². The summed E-state index contributed by atoms with van der Waals surface area (Å²) in [5.41, 5.74) is 0.840. The third-order valence-corrected chi connectivity index (χ3v) is 5.88. The molecule has 0 atom stereocenters. The number of carbonyl (C=O) groups excluding carboxylic acids is 1. The summed E-state index contributed by atoms with van der Waals surface area (Å²) in [4.78, 5) is 24.6. The van der Waals surface area contributed by atoms with E-state index in [0.29, 0.717) is 43.5 Å². The van der Waals surface area contributed by atoms with Crippen LogP contribution < -0.4 is 4.72 Å². The van der Waals surface area contributed by atoms with Gasteiger partial charge in [0.1, 0.15) is 0 Å². The van der Waals surface area contributed by atoms with E-state index in [9.17, 15) is 23.3 Å². The van der Waals surface area contributed by atoms with Gasteiger partial charge in [-0.2, -0.15) is 0 Å². The molecule has 0 aliphatic carbocycles. The van der Waals surface area contributed by atoms with Crippen LogP contribution in [-0.2, 0) is 10.0 Å². The molecule has 1 aromatic rings. The van der Waals surface area contributed by atoms with Gasteiger partial charge in [0.25, 0.3) is 11.6 Å². The number of aryl methyl sites for hydroxylation is 1. The first-order valence-electron chi connectivity index (χ1n) is 8.28. The van der Waals surface area contributed by atoms with Crippen LogP contribution in [-0.4, -0.2) is 49.0 Å². The number of nitrogens with one attached hydrogen (secondary N) is 1. The van der Waals surface area contributed by atoms with Gasteiger partial charge in [-0.15, -0.1) is 0 Å². The average molecular weight is 369 g/mol. The van der Waals surface area contributed by atoms with Crippen LogP contribution in [0.1, 0.15) is 42.1 Å². The SMILES string of the molecule is CCCS(=O)(=O)NC1CCN(C(=O)c2ccc([N+](=O)[O-])c(C)c2)CC1. The van der Waals surface area contributed by atoms with E-state index in [0.717, 1.165) is 0 Å². The van der Waals surface area contributed by atoms with Gasteiger partial charge in [-0.25, -0.2) is 13.1 Å². The van der Waals surface area contributed by atoms with Gasteiger partial charge in [0.15, 0.2) is 0 Å². The summed E-state index contributed by atoms with van der Waals surface area (Å²) in [6, 6.07) is 4.17. The van der Waals surface area contributed by atoms with Gasteiger partial charge >= 0.3 is 0 Å². The predicted octanol–water partition coefficient (Wildman–Crippen LogP) is 1.84. The van der Waals surface area contributed by atoms with E-state index in [-0.39, 0.29) is 23.4 Å². The Kier molecular flexibility index (Phi) is 6.12. The highest BCUT2D eigenvalue weighted by atomic mass is 32.2. The first kappa shape index (κ1) is 19.3. The van der Waals surface area contributed by atoms with Crippen molar-refractivity contribution in [2.45, 2.75) is 39.2 Å². The van der Waals surface area contributed by atoms with Crippen molar-refractivity contribution in [2.24, 2.45) is 0 Å². The lowest BCUT2D eigenvalue weighted by Gasteiger charge is -2.32. The van der Waals surface area contributed by atoms with E-state index >= 15 is 0 Å². The van der Waals surface area contributed by atoms with Crippen LogP contribution in [0.5, 0.6) is 0 Å². The average Bonchev–Trinajstić information content (AvgIpc) is 2.54. The fraction of sp³-hybridized carbons (Fsp3) is 0.562. The number of rotatable bonds is 6. The fourth-order valence-electron chi connectivity index (χ4n) is 2.96. The molecule has 1 aliphatic rings. The lowest BCUT2D eigenvalue weighted by Crippen LogP contribution is -2.47. The minimum Gasteiger partial charge on any atom is -0.339 e. The zero-order valence-electron chi connectivity index (χ0n) is 14.4. The van der Waals surface area contributed by atoms with Gasteiger partial charge in [-0.1, -0.05) is 6.92 Å². The number of nitrogens with zero attached hydrogens (tertiary/aromatic N) is 2. The normalized spacial score (nSPS) is 16.0. The molecule has 1 heterocycles. The topological polar surface area (TPSA) is 110 Å². The summed E-state index contributed by atoms with van der Waals surface area (Å²) in [6.07, 6.45) is 1.67. The summed E-state index contributed by atoms with van der Waals surface area (Å²) in [5, 5.41) is 10.9. The zero-order valence-corrected chi connectivity index (χ0v) is 15.2. The molecule has 1 aromatic carbocycles. The van der Waals surface area contributed by atoms with Crippen molar-refractivity contribution >= 4 is 21.6 Å². The molecule has 1 amide bonds. The van der Waals surface area contributed by atoms with Crippen molar-refractivity contribution in [3.05, 3.63) is 39.4 Å². The maximum atomic E-state index is 12.5. The Morgan fingerprint density at radius 3 is 2.52 bits per heavy atom. The molecule has 1 saturated heterocycles. The molecule has 9 heteroatoms. The number of hydrogen-bond donors (Lipinski definition) is 1. The minimum absolute atomic E-state index is 0.0133. The van der Waals surface area contributed by atoms with Crippen molar-refractivity contribution in [1.29, 1.82) is 0 Å². The monoisotopic (exact) mass is 369 g/mol. The third-order valence-electron chi connectivity index (χ3n) is 4.24. The van der Waals surface area contributed by atoms with E-state index in [1.807, 2.05) is 6.92 Å². The number of likely N-dealkylation sites (tertiary alicyclic amines) is 1. The first-order valence-corrected chi connectivity index (χ1v) is 9.93. The highest BCUT2D eigenvalue weighted by Gasteiger charge is 2.26. The Morgan fingerprint density at radius 1 is 1.36 bits per heavy atom. The van der Waals surface area contributed by atoms with Crippen molar-refractivity contribution in [3.63, 3.8) is 0 Å². The highest BCUT2D eigenvalue weighted by Crippen LogP contribution is 2.21. The number of piperidine rings is 1. The number of nitro groups is 1. The number of hydrogen-bond acceptors (Lipinski definition) is 5. The molecular formula is C16H23N3O5S. The molecule has 0 saturated carbocycles. The summed E-state index contributed by atoms with van der Waals surface area (Å²) in [6.45, 7) is 4.32. The number of nitro benzene ring substituents is 1. The van der Waals surface area contributed by atoms with Crippen molar-refractivity contribution in [1.82, 2.24) is 9.62 Å². The summed E-state index contributed by atoms with van der Waals surface area (Å²) < 4.78 is 26.3. The molecule has 1 N–H and O–H groups in total. The Hall–Kier alpha value is -2.00. The van der Waals surface area contributed by atoms with Crippen LogP contribution in [0.3, 0.4) is 0 Å². The second kappa shape index (κ2) is 7.92. The molecule has 0 radical (unpaired) electrons. The second-order valence-corrected chi connectivity index (χ2v) is 8.14. The summed E-state index contributed by atoms with van der Waals surface area (Å²) in [7, 11) is -3.26. The van der Waals surface area contributed by atoms with Crippen LogP contribution in [0.4, 0.5) is 5.69 Å². The second-order valence-electron chi connectivity index (χ2n) is 6.26. The molecule has 0 aromatic heterocycles. The van der Waals surface area contributed by atoms with Gasteiger partial charge in [0.2, 0.25) is 10.0 Å². The minimum atomic E-state index is -3.26. The van der Waals surface area contributed by atoms with Crippen molar-refractivity contribution in [2.75, 3.05) is 18.8 Å². The summed E-state index contributed by atoms with van der Waals surface area (Å²) in [5.74, 6) is -0.0818. The van der Waals surface area contributed by atoms with Gasteiger partial charge in [0, 0.05) is 36.3 Å². The first-order chi connectivity index (χ1) is 11.7. The van der Waals surface area contributed by atoms with E-state index in [2.05, 4.69) is 4.72 Å². The van der Waals surface area contributed by atoms with Crippen molar-refractivity contribution in [3.8, 4) is 0 Å². The van der Waals surface area contributed by atoms with Crippen LogP contribution >= 0.6 is 0 Å². The van der Waals surface area contributed by atoms with Gasteiger partial charge in [0.05, 0.1) is 10.7 Å². The van der Waals surface area contributed by atoms with Crippen LogP contribution in [0.25, 0.3) is 0 Å². The lowest BCUT2D eigenvalue weighted by atomic mass is 10.0. The molecule has 138 valence electrons. The molecule has 8 nitrogen and oxygen atoms in total. The van der Waals surface area contributed by atoms with Gasteiger partial charge < -0.3 is 4.90 Å². The van der Waals surface area contributed by atoms with E-state index in [1.54, 1.807) is 11.8 Å². The molecule has 2 rings (SSSR count). The zero-order chi connectivity index (χ0) is 18.6. The third kappa shape index (κ3) is 4.99. The Labute approximate surface area is 147 Å². The predicted molar refractivity (Wildman–Crippen MR) is 94.0 cm³/mol. The van der Waals surface area contributed by atoms with Gasteiger partial charge in [-0.3, -0.25) is 14.9 Å². The van der Waals surface area contributed by atoms with Crippen LogP contribution in [0.15, 0.2) is 18.2 Å². The number of amides is 1. The summed E-state index contributed by atoms with van der Waals surface area (Å²) >= 11 is 0. The van der Waals surface area contributed by atoms with Crippen LogP contribution in [0.2, 0.25) is 0 Å². The molecular weight excluding hydrogens is 346 g/mol.